The summed E-state index contributed by atoms with van der Waals surface area (Å²) < 4.78 is 52.5. The van der Waals surface area contributed by atoms with Gasteiger partial charge in [-0.05, 0) is 87.0 Å². The van der Waals surface area contributed by atoms with E-state index in [9.17, 15) is 19.0 Å². The lowest BCUT2D eigenvalue weighted by Gasteiger charge is -2.35. The van der Waals surface area contributed by atoms with Crippen molar-refractivity contribution in [2.24, 2.45) is 0 Å². The van der Waals surface area contributed by atoms with Gasteiger partial charge in [-0.3, -0.25) is 9.88 Å². The zero-order valence-electron chi connectivity index (χ0n) is 25.8. The molecule has 4 aromatic rings. The fourth-order valence-corrected chi connectivity index (χ4v) is 7.93. The van der Waals surface area contributed by atoms with Crippen molar-refractivity contribution in [3.8, 4) is 23.0 Å². The van der Waals surface area contributed by atoms with Gasteiger partial charge >= 0.3 is 6.01 Å². The molecule has 3 aliphatic rings. The first-order valence-electron chi connectivity index (χ1n) is 15.8. The van der Waals surface area contributed by atoms with Gasteiger partial charge < -0.3 is 19.8 Å². The van der Waals surface area contributed by atoms with Crippen molar-refractivity contribution in [2.75, 3.05) is 31.1 Å². The van der Waals surface area contributed by atoms with Crippen LogP contribution in [0, 0.1) is 11.6 Å². The van der Waals surface area contributed by atoms with Gasteiger partial charge in [0.15, 0.2) is 5.82 Å². The minimum atomic E-state index is -1.06. The Bertz CT molecular complexity index is 1800. The van der Waals surface area contributed by atoms with Gasteiger partial charge in [0.2, 0.25) is 0 Å². The molecule has 0 spiro atoms. The molecule has 3 fully saturated rings. The first-order chi connectivity index (χ1) is 21.5. The third kappa shape index (κ3) is 5.04. The number of ether oxygens (including phenoxy) is 1. The number of nitrogens with zero attached hydrogens (tertiary/aromatic N) is 5. The average Bonchev–Trinajstić information content (AvgIpc) is 3.71. The van der Waals surface area contributed by atoms with Gasteiger partial charge in [0, 0.05) is 31.3 Å². The molecule has 0 unspecified atom stereocenters. The second-order valence-electron chi connectivity index (χ2n) is 13.4. The summed E-state index contributed by atoms with van der Waals surface area (Å²) in [5.74, 6) is -0.890. The number of hydrogen-bond donors (Lipinski definition) is 2. The van der Waals surface area contributed by atoms with E-state index < -0.39 is 28.9 Å². The number of hydrogen-bond acceptors (Lipinski definition) is 8. The van der Waals surface area contributed by atoms with Gasteiger partial charge in [-0.2, -0.15) is 9.97 Å². The van der Waals surface area contributed by atoms with Crippen molar-refractivity contribution in [3.05, 3.63) is 47.7 Å². The Hall–Kier alpha value is -3.70. The smallest absolute Gasteiger partial charge is 0.319 e. The molecule has 2 N–H and O–H groups in total. The van der Waals surface area contributed by atoms with Crippen molar-refractivity contribution in [2.45, 2.75) is 82.6 Å². The Labute approximate surface area is 259 Å². The summed E-state index contributed by atoms with van der Waals surface area (Å²) in [6, 6.07) is 5.47. The molecule has 2 aromatic carbocycles. The lowest BCUT2D eigenvalue weighted by molar-refractivity contribution is 0.0532. The fraction of sp³-hybridized carbons (Fsp3) is 0.500. The highest BCUT2D eigenvalue weighted by Gasteiger charge is 2.49. The minimum Gasteiger partial charge on any atom is -0.508 e. The number of anilines is 1. The van der Waals surface area contributed by atoms with Crippen molar-refractivity contribution in [3.63, 3.8) is 0 Å². The molecule has 238 valence electrons. The number of aromatic nitrogens is 3. The highest BCUT2D eigenvalue weighted by atomic mass is 19.1. The summed E-state index contributed by atoms with van der Waals surface area (Å²) >= 11 is 0. The molecule has 3 atom stereocenters. The highest BCUT2D eigenvalue weighted by molar-refractivity contribution is 6.01. The number of aliphatic hydroxyl groups is 1. The van der Waals surface area contributed by atoms with Crippen molar-refractivity contribution in [1.29, 1.82) is 0 Å². The van der Waals surface area contributed by atoms with E-state index in [1.165, 1.54) is 24.4 Å². The molecule has 0 saturated carbocycles. The van der Waals surface area contributed by atoms with Gasteiger partial charge in [-0.15, -0.1) is 0 Å². The van der Waals surface area contributed by atoms with Crippen LogP contribution >= 0.6 is 0 Å². The van der Waals surface area contributed by atoms with Gasteiger partial charge in [-0.1, -0.05) is 13.0 Å². The normalized spacial score (nSPS) is 23.8. The summed E-state index contributed by atoms with van der Waals surface area (Å²) in [5.41, 5.74) is -1.00. The standard InChI is InChI=1S/C34H38F3N5O3/c1-4-22-25(36)9-8-19-13-21(43)14-23(27(19)22)29-28(37)30-24(16-38-29)31(42-12-5-7-26(42)33(2,3)44)40-32(39-30)45-18-34-10-6-11-41(34)17-20(35)15-34/h8-9,13-14,16,20,26,43-44H,4-7,10-12,15,17-18H2,1-3H3/t20-,26+,34+/m1/s1. The summed E-state index contributed by atoms with van der Waals surface area (Å²) in [7, 11) is 0. The first-order valence-corrected chi connectivity index (χ1v) is 15.8. The maximum absolute atomic E-state index is 16.8. The van der Waals surface area contributed by atoms with E-state index in [-0.39, 0.29) is 41.2 Å². The molecular formula is C34H38F3N5O3. The molecule has 11 heteroatoms. The van der Waals surface area contributed by atoms with Crippen LogP contribution in [0.5, 0.6) is 11.8 Å². The van der Waals surface area contributed by atoms with Crippen LogP contribution in [-0.4, -0.2) is 79.7 Å². The van der Waals surface area contributed by atoms with E-state index in [1.807, 2.05) is 11.8 Å². The lowest BCUT2D eigenvalue weighted by atomic mass is 9.94. The Kier molecular flexibility index (Phi) is 7.31. The van der Waals surface area contributed by atoms with Crippen molar-refractivity contribution in [1.82, 2.24) is 19.9 Å². The number of pyridine rings is 1. The molecule has 7 rings (SSSR count). The number of rotatable bonds is 7. The van der Waals surface area contributed by atoms with Crippen LogP contribution < -0.4 is 9.64 Å². The molecule has 8 nitrogen and oxygen atoms in total. The van der Waals surface area contributed by atoms with Crippen LogP contribution in [0.15, 0.2) is 30.5 Å². The zero-order valence-corrected chi connectivity index (χ0v) is 25.8. The molecule has 5 heterocycles. The van der Waals surface area contributed by atoms with Gasteiger partial charge in [0.05, 0.1) is 22.6 Å². The largest absolute Gasteiger partial charge is 0.508 e. The summed E-state index contributed by atoms with van der Waals surface area (Å²) in [5, 5.41) is 22.9. The van der Waals surface area contributed by atoms with Gasteiger partial charge in [0.1, 0.15) is 41.4 Å². The van der Waals surface area contributed by atoms with E-state index in [4.69, 9.17) is 9.72 Å². The summed E-state index contributed by atoms with van der Waals surface area (Å²) in [4.78, 5) is 17.9. The van der Waals surface area contributed by atoms with E-state index >= 15 is 4.39 Å². The van der Waals surface area contributed by atoms with Crippen molar-refractivity contribution < 1.29 is 28.1 Å². The monoisotopic (exact) mass is 621 g/mol. The number of alkyl halides is 1. The second kappa shape index (κ2) is 11.0. The Morgan fingerprint density at radius 1 is 1.13 bits per heavy atom. The predicted octanol–water partition coefficient (Wildman–Crippen LogP) is 6.09. The highest BCUT2D eigenvalue weighted by Crippen LogP contribution is 2.43. The van der Waals surface area contributed by atoms with E-state index in [0.717, 1.165) is 32.2 Å². The lowest BCUT2D eigenvalue weighted by Crippen LogP contribution is -2.46. The third-order valence-corrected chi connectivity index (χ3v) is 9.98. The number of fused-ring (bicyclic) bond motifs is 3. The SMILES string of the molecule is CCc1c(F)ccc2cc(O)cc(-c3ncc4c(N5CCC[C@H]5C(C)(C)O)nc(OC[C@@]56CCCN5C[C@H](F)C6)nc4c3F)c12. The quantitative estimate of drug-likeness (QED) is 0.256. The average molecular weight is 622 g/mol. The van der Waals surface area contributed by atoms with Gasteiger partial charge in [0.25, 0.3) is 0 Å². The van der Waals surface area contributed by atoms with Crippen LogP contribution in [0.25, 0.3) is 32.9 Å². The summed E-state index contributed by atoms with van der Waals surface area (Å²) in [6.45, 7) is 7.23. The topological polar surface area (TPSA) is 94.8 Å². The molecular weight excluding hydrogens is 583 g/mol. The van der Waals surface area contributed by atoms with Crippen LogP contribution in [-0.2, 0) is 6.42 Å². The second-order valence-corrected chi connectivity index (χ2v) is 13.4. The molecule has 0 amide bonds. The van der Waals surface area contributed by atoms with Crippen molar-refractivity contribution >= 4 is 27.5 Å². The minimum absolute atomic E-state index is 0.0390. The van der Waals surface area contributed by atoms with Gasteiger partial charge in [-0.25, -0.2) is 13.2 Å². The van der Waals surface area contributed by atoms with Crippen LogP contribution in [0.1, 0.15) is 58.4 Å². The molecule has 3 saturated heterocycles. The first kappa shape index (κ1) is 30.0. The molecule has 2 aromatic heterocycles. The third-order valence-electron chi connectivity index (χ3n) is 9.98. The maximum atomic E-state index is 16.8. The van der Waals surface area contributed by atoms with E-state index in [0.29, 0.717) is 53.5 Å². The molecule has 0 aliphatic carbocycles. The predicted molar refractivity (Wildman–Crippen MR) is 166 cm³/mol. The number of benzene rings is 2. The summed E-state index contributed by atoms with van der Waals surface area (Å²) in [6.07, 6.45) is 4.55. The van der Waals surface area contributed by atoms with Crippen LogP contribution in [0.4, 0.5) is 19.0 Å². The molecule has 45 heavy (non-hydrogen) atoms. The van der Waals surface area contributed by atoms with Crippen LogP contribution in [0.2, 0.25) is 0 Å². The number of aryl methyl sites for hydroxylation is 1. The van der Waals surface area contributed by atoms with Crippen LogP contribution in [0.3, 0.4) is 0 Å². The Balaban J connectivity index is 1.40. The number of phenols is 1. The molecule has 0 radical (unpaired) electrons. The Morgan fingerprint density at radius 2 is 1.96 bits per heavy atom. The number of phenolic OH excluding ortho intramolecular Hbond substituents is 1. The number of aromatic hydroxyl groups is 1. The maximum Gasteiger partial charge on any atom is 0.319 e. The molecule has 0 bridgehead atoms. The molecule has 3 aliphatic heterocycles. The van der Waals surface area contributed by atoms with E-state index in [2.05, 4.69) is 14.9 Å². The number of halogens is 3. The zero-order chi connectivity index (χ0) is 31.7. The Morgan fingerprint density at radius 3 is 2.73 bits per heavy atom. The van der Waals surface area contributed by atoms with E-state index in [1.54, 1.807) is 19.9 Å². The fourth-order valence-electron chi connectivity index (χ4n) is 7.93.